The quantitative estimate of drug-likeness (QED) is 0.243. The maximum absolute atomic E-state index is 10.8. The second-order valence-electron chi connectivity index (χ2n) is 9.88. The predicted octanol–water partition coefficient (Wildman–Crippen LogP) is 9.07. The van der Waals surface area contributed by atoms with E-state index in [0.29, 0.717) is 17.5 Å². The van der Waals surface area contributed by atoms with E-state index in [1.54, 1.807) is 0 Å². The number of rotatable bonds is 5. The van der Waals surface area contributed by atoms with E-state index in [-0.39, 0.29) is 5.75 Å². The lowest BCUT2D eigenvalue weighted by Gasteiger charge is -2.12. The summed E-state index contributed by atoms with van der Waals surface area (Å²) in [7, 11) is 0. The predicted molar refractivity (Wildman–Crippen MR) is 166 cm³/mol. The van der Waals surface area contributed by atoms with Gasteiger partial charge in [0.05, 0.1) is 0 Å². The van der Waals surface area contributed by atoms with E-state index >= 15 is 0 Å². The van der Waals surface area contributed by atoms with Crippen molar-refractivity contribution in [2.75, 3.05) is 0 Å². The molecule has 0 amide bonds. The molecule has 7 aromatic rings. The zero-order valence-corrected chi connectivity index (χ0v) is 22.1. The second kappa shape index (κ2) is 10.5. The van der Waals surface area contributed by atoms with Crippen LogP contribution in [-0.4, -0.2) is 20.1 Å². The van der Waals surface area contributed by atoms with Gasteiger partial charge in [0.2, 0.25) is 0 Å². The SMILES string of the molecule is Oc1cc2cccc(-c3ccc(-c4nc(-c5ccccc5)nc(-c5ccccc5)n4)cc3)c2cc1-c1ccccc1. The van der Waals surface area contributed by atoms with E-state index in [1.807, 2.05) is 109 Å². The molecule has 0 unspecified atom stereocenters. The van der Waals surface area contributed by atoms with Crippen LogP contribution in [0.15, 0.2) is 146 Å². The first-order valence-corrected chi connectivity index (χ1v) is 13.5. The fourth-order valence-corrected chi connectivity index (χ4v) is 5.15. The van der Waals surface area contributed by atoms with Gasteiger partial charge in [0.25, 0.3) is 0 Å². The summed E-state index contributed by atoms with van der Waals surface area (Å²) in [6, 6.07) is 48.4. The Bertz CT molecular complexity index is 1910. The molecule has 7 rings (SSSR count). The van der Waals surface area contributed by atoms with Gasteiger partial charge in [-0.3, -0.25) is 0 Å². The van der Waals surface area contributed by atoms with E-state index < -0.39 is 0 Å². The summed E-state index contributed by atoms with van der Waals surface area (Å²) in [6.45, 7) is 0. The van der Waals surface area contributed by atoms with Gasteiger partial charge >= 0.3 is 0 Å². The highest BCUT2D eigenvalue weighted by Gasteiger charge is 2.14. The zero-order chi connectivity index (χ0) is 27.6. The average Bonchev–Trinajstić information content (AvgIpc) is 3.05. The van der Waals surface area contributed by atoms with Crippen molar-refractivity contribution in [1.82, 2.24) is 15.0 Å². The molecule has 41 heavy (non-hydrogen) atoms. The summed E-state index contributed by atoms with van der Waals surface area (Å²) >= 11 is 0. The summed E-state index contributed by atoms with van der Waals surface area (Å²) < 4.78 is 0. The summed E-state index contributed by atoms with van der Waals surface area (Å²) in [5.74, 6) is 2.18. The van der Waals surface area contributed by atoms with Crippen LogP contribution in [0, 0.1) is 0 Å². The lowest BCUT2D eigenvalue weighted by molar-refractivity contribution is 0.478. The van der Waals surface area contributed by atoms with Crippen LogP contribution in [0.3, 0.4) is 0 Å². The van der Waals surface area contributed by atoms with Crippen molar-refractivity contribution >= 4 is 10.8 Å². The molecule has 0 bridgehead atoms. The number of fused-ring (bicyclic) bond motifs is 1. The molecule has 0 saturated heterocycles. The molecule has 0 spiro atoms. The van der Waals surface area contributed by atoms with Crippen molar-refractivity contribution in [3.05, 3.63) is 146 Å². The van der Waals surface area contributed by atoms with Crippen LogP contribution in [-0.2, 0) is 0 Å². The van der Waals surface area contributed by atoms with Crippen LogP contribution >= 0.6 is 0 Å². The van der Waals surface area contributed by atoms with Crippen molar-refractivity contribution in [2.24, 2.45) is 0 Å². The number of phenols is 1. The van der Waals surface area contributed by atoms with Gasteiger partial charge in [-0.05, 0) is 39.6 Å². The molecular weight excluding hydrogens is 502 g/mol. The number of phenolic OH excluding ortho intramolecular Hbond substituents is 1. The highest BCUT2D eigenvalue weighted by molar-refractivity contribution is 6.00. The van der Waals surface area contributed by atoms with E-state index in [2.05, 4.69) is 36.4 Å². The molecule has 0 aliphatic carbocycles. The van der Waals surface area contributed by atoms with Gasteiger partial charge in [-0.1, -0.05) is 133 Å². The average molecular weight is 528 g/mol. The summed E-state index contributed by atoms with van der Waals surface area (Å²) in [5, 5.41) is 12.8. The van der Waals surface area contributed by atoms with Crippen molar-refractivity contribution in [3.63, 3.8) is 0 Å². The number of aromatic hydroxyl groups is 1. The maximum atomic E-state index is 10.8. The molecule has 1 N–H and O–H groups in total. The van der Waals surface area contributed by atoms with Gasteiger partial charge in [0, 0.05) is 22.3 Å². The Hall–Kier alpha value is -5.61. The minimum atomic E-state index is 0.273. The van der Waals surface area contributed by atoms with Crippen LogP contribution in [0.2, 0.25) is 0 Å². The van der Waals surface area contributed by atoms with Crippen molar-refractivity contribution < 1.29 is 5.11 Å². The van der Waals surface area contributed by atoms with Crippen LogP contribution in [0.4, 0.5) is 0 Å². The molecule has 0 fully saturated rings. The van der Waals surface area contributed by atoms with Crippen LogP contribution in [0.5, 0.6) is 5.75 Å². The molecule has 0 radical (unpaired) electrons. The minimum absolute atomic E-state index is 0.273. The van der Waals surface area contributed by atoms with Gasteiger partial charge in [-0.25, -0.2) is 15.0 Å². The number of aromatic nitrogens is 3. The Morgan fingerprint density at radius 3 is 1.34 bits per heavy atom. The van der Waals surface area contributed by atoms with Crippen LogP contribution in [0.1, 0.15) is 0 Å². The summed E-state index contributed by atoms with van der Waals surface area (Å²) in [5.41, 5.74) is 6.76. The Morgan fingerprint density at radius 1 is 0.366 bits per heavy atom. The number of nitrogens with zero attached hydrogens (tertiary/aromatic N) is 3. The molecule has 1 aromatic heterocycles. The second-order valence-corrected chi connectivity index (χ2v) is 9.88. The zero-order valence-electron chi connectivity index (χ0n) is 22.1. The molecule has 6 aromatic carbocycles. The molecule has 1 heterocycles. The molecule has 194 valence electrons. The Morgan fingerprint density at radius 2 is 0.805 bits per heavy atom. The molecule has 4 nitrogen and oxygen atoms in total. The fraction of sp³-hybridized carbons (Fsp3) is 0. The third kappa shape index (κ3) is 4.83. The number of benzene rings is 6. The van der Waals surface area contributed by atoms with Gasteiger partial charge < -0.3 is 5.11 Å². The largest absolute Gasteiger partial charge is 0.507 e. The van der Waals surface area contributed by atoms with Gasteiger partial charge in [-0.2, -0.15) is 0 Å². The molecule has 0 aliphatic heterocycles. The monoisotopic (exact) mass is 527 g/mol. The lowest BCUT2D eigenvalue weighted by Crippen LogP contribution is -2.00. The van der Waals surface area contributed by atoms with Gasteiger partial charge in [0.15, 0.2) is 17.5 Å². The maximum Gasteiger partial charge on any atom is 0.164 e. The standard InChI is InChI=1S/C37H25N3O/c41-34-23-30-17-10-18-31(32(30)24-33(34)25-11-4-1-5-12-25)26-19-21-29(22-20-26)37-39-35(27-13-6-2-7-14-27)38-36(40-37)28-15-8-3-9-16-28/h1-24,41H. The van der Waals surface area contributed by atoms with Crippen LogP contribution in [0.25, 0.3) is 67.2 Å². The molecule has 0 aliphatic rings. The fourth-order valence-electron chi connectivity index (χ4n) is 5.15. The van der Waals surface area contributed by atoms with Gasteiger partial charge in [-0.15, -0.1) is 0 Å². The summed E-state index contributed by atoms with van der Waals surface area (Å²) in [6.07, 6.45) is 0. The van der Waals surface area contributed by atoms with E-state index in [1.165, 1.54) is 0 Å². The number of hydrogen-bond acceptors (Lipinski definition) is 4. The van der Waals surface area contributed by atoms with Crippen molar-refractivity contribution in [3.8, 4) is 62.2 Å². The highest BCUT2D eigenvalue weighted by Crippen LogP contribution is 2.38. The number of hydrogen-bond donors (Lipinski definition) is 1. The normalized spacial score (nSPS) is 11.0. The first kappa shape index (κ1) is 24.4. The van der Waals surface area contributed by atoms with Crippen molar-refractivity contribution in [2.45, 2.75) is 0 Å². The molecule has 0 saturated carbocycles. The third-order valence-electron chi connectivity index (χ3n) is 7.23. The lowest BCUT2D eigenvalue weighted by atomic mass is 9.94. The van der Waals surface area contributed by atoms with E-state index in [0.717, 1.165) is 49.7 Å². The van der Waals surface area contributed by atoms with Gasteiger partial charge in [0.1, 0.15) is 5.75 Å². The topological polar surface area (TPSA) is 58.9 Å². The Kier molecular flexibility index (Phi) is 6.26. The minimum Gasteiger partial charge on any atom is -0.507 e. The molecule has 4 heteroatoms. The van der Waals surface area contributed by atoms with Crippen LogP contribution < -0.4 is 0 Å². The molecular formula is C37H25N3O. The highest BCUT2D eigenvalue weighted by atomic mass is 16.3. The first-order valence-electron chi connectivity index (χ1n) is 13.5. The Balaban J connectivity index is 1.31. The first-order chi connectivity index (χ1) is 20.2. The summed E-state index contributed by atoms with van der Waals surface area (Å²) in [4.78, 5) is 14.5. The Labute approximate surface area is 238 Å². The molecule has 0 atom stereocenters. The smallest absolute Gasteiger partial charge is 0.164 e. The third-order valence-corrected chi connectivity index (χ3v) is 7.23. The van der Waals surface area contributed by atoms with Crippen molar-refractivity contribution in [1.29, 1.82) is 0 Å². The van der Waals surface area contributed by atoms with E-state index in [4.69, 9.17) is 15.0 Å². The van der Waals surface area contributed by atoms with E-state index in [9.17, 15) is 5.11 Å².